The van der Waals surface area contributed by atoms with Gasteiger partial charge in [0.05, 0.1) is 5.41 Å². The predicted octanol–water partition coefficient (Wildman–Crippen LogP) is 2.24. The third-order valence-corrected chi connectivity index (χ3v) is 2.89. The monoisotopic (exact) mass is 261 g/mol. The van der Waals surface area contributed by atoms with Gasteiger partial charge in [-0.25, -0.2) is 0 Å². The van der Waals surface area contributed by atoms with E-state index in [9.17, 15) is 9.59 Å². The Balaban J connectivity index is 2.57. The predicted molar refractivity (Wildman–Crippen MR) is 74.6 cm³/mol. The van der Waals surface area contributed by atoms with Crippen LogP contribution in [0.4, 0.5) is 0 Å². The van der Waals surface area contributed by atoms with Gasteiger partial charge in [-0.15, -0.1) is 0 Å². The van der Waals surface area contributed by atoms with Crippen LogP contribution in [-0.4, -0.2) is 23.5 Å². The minimum absolute atomic E-state index is 0.0965. The molecule has 4 nitrogen and oxygen atoms in total. The molecule has 0 unspecified atom stereocenters. The topological polar surface area (TPSA) is 66.4 Å². The second-order valence-electron chi connectivity index (χ2n) is 5.10. The fourth-order valence-electron chi connectivity index (χ4n) is 1.38. The molecule has 0 saturated heterocycles. The quantitative estimate of drug-likeness (QED) is 0.799. The number of nitrogens with one attached hydrogen (secondary N) is 1. The molecule has 0 saturated carbocycles. The minimum atomic E-state index is -0.966. The van der Waals surface area contributed by atoms with Crippen molar-refractivity contribution in [2.45, 2.75) is 20.8 Å². The Hall–Kier alpha value is -2.10. The van der Waals surface area contributed by atoms with Crippen LogP contribution in [-0.2, 0) is 9.59 Å². The Morgan fingerprint density at radius 1 is 1.32 bits per heavy atom. The van der Waals surface area contributed by atoms with Gasteiger partial charge in [0.2, 0.25) is 5.91 Å². The molecule has 1 aromatic rings. The van der Waals surface area contributed by atoms with Crippen LogP contribution in [0.1, 0.15) is 25.0 Å². The maximum Gasteiger partial charge on any atom is 0.310 e. The summed E-state index contributed by atoms with van der Waals surface area (Å²) in [4.78, 5) is 22.5. The Bertz CT molecular complexity index is 504. The van der Waals surface area contributed by atoms with Gasteiger partial charge in [0, 0.05) is 12.6 Å². The number of hydrogen-bond donors (Lipinski definition) is 2. The van der Waals surface area contributed by atoms with Crippen molar-refractivity contribution >= 4 is 18.0 Å². The highest BCUT2D eigenvalue weighted by Crippen LogP contribution is 2.13. The van der Waals surface area contributed by atoms with Crippen molar-refractivity contribution in [1.29, 1.82) is 0 Å². The van der Waals surface area contributed by atoms with Crippen molar-refractivity contribution in [3.8, 4) is 0 Å². The van der Waals surface area contributed by atoms with Gasteiger partial charge in [0.25, 0.3) is 0 Å². The molecule has 0 aliphatic rings. The lowest BCUT2D eigenvalue weighted by Crippen LogP contribution is -2.38. The van der Waals surface area contributed by atoms with Crippen LogP contribution in [0, 0.1) is 12.3 Å². The van der Waals surface area contributed by atoms with Gasteiger partial charge in [-0.1, -0.05) is 24.3 Å². The number of carboxylic acids is 1. The van der Waals surface area contributed by atoms with E-state index in [1.54, 1.807) is 19.9 Å². The molecule has 0 aromatic heterocycles. The normalized spacial score (nSPS) is 11.5. The summed E-state index contributed by atoms with van der Waals surface area (Å²) in [6, 6.07) is 7.71. The van der Waals surface area contributed by atoms with E-state index in [2.05, 4.69) is 5.32 Å². The van der Waals surface area contributed by atoms with E-state index in [1.807, 2.05) is 31.2 Å². The number of carbonyl (C=O) groups excluding carboxylic acids is 1. The number of carboxylic acid groups (broad SMARTS) is 1. The number of carbonyl (C=O) groups is 2. The van der Waals surface area contributed by atoms with Gasteiger partial charge < -0.3 is 10.4 Å². The molecule has 0 radical (unpaired) electrons. The third kappa shape index (κ3) is 4.58. The summed E-state index contributed by atoms with van der Waals surface area (Å²) in [6.45, 7) is 5.20. The first-order valence-corrected chi connectivity index (χ1v) is 6.08. The molecule has 0 fully saturated rings. The second-order valence-corrected chi connectivity index (χ2v) is 5.10. The van der Waals surface area contributed by atoms with E-state index < -0.39 is 11.4 Å². The molecule has 0 bridgehead atoms. The third-order valence-electron chi connectivity index (χ3n) is 2.89. The molecule has 0 spiro atoms. The van der Waals surface area contributed by atoms with Crippen LogP contribution in [0.15, 0.2) is 30.3 Å². The summed E-state index contributed by atoms with van der Waals surface area (Å²) in [5.41, 5.74) is 1.08. The number of rotatable bonds is 5. The Labute approximate surface area is 113 Å². The summed E-state index contributed by atoms with van der Waals surface area (Å²) in [5.74, 6) is -1.23. The molecular weight excluding hydrogens is 242 g/mol. The van der Waals surface area contributed by atoms with Crippen molar-refractivity contribution in [1.82, 2.24) is 5.32 Å². The van der Waals surface area contributed by atoms with Crippen LogP contribution in [0.2, 0.25) is 0 Å². The molecule has 0 aliphatic heterocycles. The lowest BCUT2D eigenvalue weighted by Gasteiger charge is -2.18. The molecule has 0 aliphatic carbocycles. The lowest BCUT2D eigenvalue weighted by molar-refractivity contribution is -0.146. The Kier molecular flexibility index (Phi) is 4.87. The van der Waals surface area contributed by atoms with Crippen LogP contribution < -0.4 is 5.32 Å². The lowest BCUT2D eigenvalue weighted by atomic mass is 9.94. The van der Waals surface area contributed by atoms with Crippen molar-refractivity contribution in [2.75, 3.05) is 6.54 Å². The zero-order chi connectivity index (χ0) is 14.5. The van der Waals surface area contributed by atoms with Crippen molar-refractivity contribution in [2.24, 2.45) is 5.41 Å². The summed E-state index contributed by atoms with van der Waals surface area (Å²) in [6.07, 6.45) is 3.14. The van der Waals surface area contributed by atoms with Crippen molar-refractivity contribution in [3.05, 3.63) is 41.5 Å². The molecule has 1 amide bonds. The Morgan fingerprint density at radius 2 is 1.95 bits per heavy atom. The smallest absolute Gasteiger partial charge is 0.310 e. The summed E-state index contributed by atoms with van der Waals surface area (Å²) in [5, 5.41) is 11.5. The molecule has 4 heteroatoms. The molecule has 102 valence electrons. The number of aryl methyl sites for hydroxylation is 1. The van der Waals surface area contributed by atoms with Crippen molar-refractivity contribution in [3.63, 3.8) is 0 Å². The standard InChI is InChI=1S/C15H19NO3/c1-11-6-4-5-7-12(11)8-9-13(17)16-10-15(2,3)14(18)19/h4-9H,10H2,1-3H3,(H,16,17)(H,18,19)/b9-8+. The maximum atomic E-state index is 11.6. The SMILES string of the molecule is Cc1ccccc1/C=C/C(=O)NCC(C)(C)C(=O)O. The fourth-order valence-corrected chi connectivity index (χ4v) is 1.38. The van der Waals surface area contributed by atoms with E-state index in [0.29, 0.717) is 0 Å². The van der Waals surface area contributed by atoms with Gasteiger partial charge in [-0.3, -0.25) is 9.59 Å². The van der Waals surface area contributed by atoms with E-state index in [-0.39, 0.29) is 12.5 Å². The van der Waals surface area contributed by atoms with E-state index in [4.69, 9.17) is 5.11 Å². The average molecular weight is 261 g/mol. The van der Waals surface area contributed by atoms with Crippen LogP contribution >= 0.6 is 0 Å². The largest absolute Gasteiger partial charge is 0.481 e. The van der Waals surface area contributed by atoms with E-state index in [1.165, 1.54) is 6.08 Å². The molecule has 1 aromatic carbocycles. The molecule has 1 rings (SSSR count). The zero-order valence-electron chi connectivity index (χ0n) is 11.4. The molecule has 19 heavy (non-hydrogen) atoms. The summed E-state index contributed by atoms with van der Waals surface area (Å²) in [7, 11) is 0. The number of hydrogen-bond acceptors (Lipinski definition) is 2. The fraction of sp³-hybridized carbons (Fsp3) is 0.333. The average Bonchev–Trinajstić information content (AvgIpc) is 2.35. The second kappa shape index (κ2) is 6.18. The van der Waals surface area contributed by atoms with Crippen LogP contribution in [0.25, 0.3) is 6.08 Å². The van der Waals surface area contributed by atoms with Gasteiger partial charge in [-0.05, 0) is 38.0 Å². The summed E-state index contributed by atoms with van der Waals surface area (Å²) < 4.78 is 0. The van der Waals surface area contributed by atoms with Gasteiger partial charge in [-0.2, -0.15) is 0 Å². The number of aliphatic carboxylic acids is 1. The first-order valence-electron chi connectivity index (χ1n) is 6.08. The van der Waals surface area contributed by atoms with Gasteiger partial charge in [0.15, 0.2) is 0 Å². The van der Waals surface area contributed by atoms with Crippen LogP contribution in [0.5, 0.6) is 0 Å². The van der Waals surface area contributed by atoms with E-state index in [0.717, 1.165) is 11.1 Å². The molecular formula is C15H19NO3. The highest BCUT2D eigenvalue weighted by molar-refractivity contribution is 5.92. The first-order chi connectivity index (χ1) is 8.83. The molecule has 0 heterocycles. The zero-order valence-corrected chi connectivity index (χ0v) is 11.4. The van der Waals surface area contributed by atoms with Crippen LogP contribution in [0.3, 0.4) is 0 Å². The maximum absolute atomic E-state index is 11.6. The first kappa shape index (κ1) is 15.0. The Morgan fingerprint density at radius 3 is 2.53 bits per heavy atom. The minimum Gasteiger partial charge on any atom is -0.481 e. The van der Waals surface area contributed by atoms with E-state index >= 15 is 0 Å². The summed E-state index contributed by atoms with van der Waals surface area (Å²) >= 11 is 0. The van der Waals surface area contributed by atoms with Crippen molar-refractivity contribution < 1.29 is 14.7 Å². The highest BCUT2D eigenvalue weighted by atomic mass is 16.4. The van der Waals surface area contributed by atoms with Gasteiger partial charge >= 0.3 is 5.97 Å². The number of benzene rings is 1. The molecule has 0 atom stereocenters. The number of amides is 1. The van der Waals surface area contributed by atoms with Gasteiger partial charge in [0.1, 0.15) is 0 Å². The highest BCUT2D eigenvalue weighted by Gasteiger charge is 2.27. The molecule has 2 N–H and O–H groups in total.